The van der Waals surface area contributed by atoms with Gasteiger partial charge in [-0.05, 0) is 109 Å². The first kappa shape index (κ1) is 68.1. The van der Waals surface area contributed by atoms with Crippen molar-refractivity contribution in [2.45, 2.75) is 277 Å². The van der Waals surface area contributed by atoms with Crippen LogP contribution in [0.25, 0.3) is 0 Å². The zero-order valence-corrected chi connectivity index (χ0v) is 46.9. The number of carbonyl (C=O) groups excluding carboxylic acids is 3. The van der Waals surface area contributed by atoms with Gasteiger partial charge in [-0.1, -0.05) is 252 Å². The highest BCUT2D eigenvalue weighted by Crippen LogP contribution is 2.15. The number of hydrogen-bond donors (Lipinski definition) is 0. The van der Waals surface area contributed by atoms with Gasteiger partial charge in [-0.25, -0.2) is 0 Å². The molecular weight excluding hydrogens is 889 g/mol. The molecule has 0 saturated heterocycles. The van der Waals surface area contributed by atoms with E-state index in [4.69, 9.17) is 14.2 Å². The van der Waals surface area contributed by atoms with Crippen LogP contribution in [0.2, 0.25) is 0 Å². The third-order valence-corrected chi connectivity index (χ3v) is 12.6. The van der Waals surface area contributed by atoms with E-state index in [9.17, 15) is 14.4 Å². The van der Waals surface area contributed by atoms with Crippen molar-refractivity contribution < 1.29 is 28.6 Å². The van der Waals surface area contributed by atoms with Crippen LogP contribution < -0.4 is 0 Å². The van der Waals surface area contributed by atoms with Crippen LogP contribution in [0.1, 0.15) is 271 Å². The van der Waals surface area contributed by atoms with Crippen molar-refractivity contribution in [2.24, 2.45) is 0 Å². The zero-order chi connectivity index (χ0) is 52.2. The summed E-state index contributed by atoms with van der Waals surface area (Å²) in [6.07, 6.45) is 80.7. The summed E-state index contributed by atoms with van der Waals surface area (Å²) < 4.78 is 16.9. The van der Waals surface area contributed by atoms with Gasteiger partial charge in [0.15, 0.2) is 6.10 Å². The summed E-state index contributed by atoms with van der Waals surface area (Å²) in [6, 6.07) is 0. The van der Waals surface area contributed by atoms with Gasteiger partial charge >= 0.3 is 17.9 Å². The van der Waals surface area contributed by atoms with Crippen molar-refractivity contribution in [3.63, 3.8) is 0 Å². The van der Waals surface area contributed by atoms with Crippen molar-refractivity contribution in [1.29, 1.82) is 0 Å². The molecule has 0 bridgehead atoms. The molecule has 0 rings (SSSR count). The molecule has 72 heavy (non-hydrogen) atoms. The molecule has 6 nitrogen and oxygen atoms in total. The van der Waals surface area contributed by atoms with Crippen molar-refractivity contribution in [3.05, 3.63) is 109 Å². The fourth-order valence-corrected chi connectivity index (χ4v) is 8.09. The maximum absolute atomic E-state index is 12.9. The van der Waals surface area contributed by atoms with Gasteiger partial charge in [0.25, 0.3) is 0 Å². The Morgan fingerprint density at radius 3 is 0.972 bits per heavy atom. The highest BCUT2D eigenvalue weighted by atomic mass is 16.6. The lowest BCUT2D eigenvalue weighted by molar-refractivity contribution is -0.167. The summed E-state index contributed by atoms with van der Waals surface area (Å²) in [5, 5.41) is 0. The Kier molecular flexibility index (Phi) is 56.4. The van der Waals surface area contributed by atoms with Crippen LogP contribution in [0.4, 0.5) is 0 Å². The molecule has 0 radical (unpaired) electrons. The molecule has 0 aromatic heterocycles. The van der Waals surface area contributed by atoms with E-state index in [1.54, 1.807) is 0 Å². The maximum atomic E-state index is 12.9. The standard InChI is InChI=1S/C66H110O6/c1-4-7-10-13-16-19-22-25-28-31-33-36-38-41-44-47-50-53-56-59-65(68)71-62-63(61-70-64(67)58-55-52-49-46-43-40-37-34-30-27-24-21-18-15-12-9-6-3)72-66(69)60-57-54-51-48-45-42-39-35-32-29-26-23-20-17-14-11-8-5-2/h7,10,16-21,23,25-30,32,35,39,63H,4-6,8-9,11-15,22,24,31,33-34,36-38,40-62H2,1-3H3/b10-7-,19-16-,20-17-,21-18-,26-23-,28-25-,30-27-,32-29-,39-35-. The topological polar surface area (TPSA) is 78.9 Å². The number of carbonyl (C=O) groups is 3. The lowest BCUT2D eigenvalue weighted by Gasteiger charge is -2.18. The molecule has 0 fully saturated rings. The van der Waals surface area contributed by atoms with Crippen LogP contribution in [0, 0.1) is 0 Å². The Bertz CT molecular complexity index is 1470. The van der Waals surface area contributed by atoms with Crippen LogP contribution in [0.15, 0.2) is 109 Å². The molecule has 0 heterocycles. The Morgan fingerprint density at radius 2 is 0.597 bits per heavy atom. The zero-order valence-electron chi connectivity index (χ0n) is 46.9. The first-order valence-corrected chi connectivity index (χ1v) is 29.9. The molecule has 1 atom stereocenters. The second-order valence-corrected chi connectivity index (χ2v) is 19.6. The fourth-order valence-electron chi connectivity index (χ4n) is 8.09. The first-order chi connectivity index (χ1) is 35.5. The van der Waals surface area contributed by atoms with Gasteiger partial charge in [0.05, 0.1) is 0 Å². The number of hydrogen-bond acceptors (Lipinski definition) is 6. The number of allylic oxidation sites excluding steroid dienone is 18. The summed E-state index contributed by atoms with van der Waals surface area (Å²) in [5.74, 6) is -0.927. The van der Waals surface area contributed by atoms with Crippen molar-refractivity contribution in [2.75, 3.05) is 13.2 Å². The van der Waals surface area contributed by atoms with Gasteiger partial charge in [-0.3, -0.25) is 14.4 Å². The molecule has 0 saturated carbocycles. The van der Waals surface area contributed by atoms with Crippen LogP contribution in [0.3, 0.4) is 0 Å². The Balaban J connectivity index is 4.46. The molecule has 0 aliphatic carbocycles. The Labute approximate surface area is 444 Å². The number of ether oxygens (including phenoxy) is 3. The molecule has 0 aromatic rings. The normalized spacial score (nSPS) is 12.9. The average molecular weight is 1000 g/mol. The average Bonchev–Trinajstić information content (AvgIpc) is 3.38. The molecule has 0 aliphatic rings. The molecule has 0 spiro atoms. The van der Waals surface area contributed by atoms with Crippen LogP contribution >= 0.6 is 0 Å². The Hall–Kier alpha value is -3.93. The summed E-state index contributed by atoms with van der Waals surface area (Å²) in [6.45, 7) is 6.45. The van der Waals surface area contributed by atoms with Gasteiger partial charge in [-0.15, -0.1) is 0 Å². The minimum atomic E-state index is -0.799. The molecule has 1 unspecified atom stereocenters. The minimum absolute atomic E-state index is 0.0945. The lowest BCUT2D eigenvalue weighted by atomic mass is 10.1. The summed E-state index contributed by atoms with van der Waals surface area (Å²) in [5.41, 5.74) is 0. The van der Waals surface area contributed by atoms with Gasteiger partial charge in [0.2, 0.25) is 0 Å². The van der Waals surface area contributed by atoms with E-state index in [-0.39, 0.29) is 31.1 Å². The SMILES string of the molecule is CC/C=C\C/C=C\C/C=C\CCCCCCCCCCCC(=O)OCC(COC(=O)CCCCCCCCC/C=C\C/C=C\CCCCC)OC(=O)CCCCCCC\C=C/C=C\C=C/C=C\CCCCC. The number of unbranched alkanes of at least 4 members (excludes halogenated alkanes) is 27. The van der Waals surface area contributed by atoms with Crippen LogP contribution in [0.5, 0.6) is 0 Å². The quantitative estimate of drug-likeness (QED) is 0.0199. The van der Waals surface area contributed by atoms with E-state index < -0.39 is 6.10 Å². The lowest BCUT2D eigenvalue weighted by Crippen LogP contribution is -2.30. The van der Waals surface area contributed by atoms with E-state index in [2.05, 4.69) is 130 Å². The third-order valence-electron chi connectivity index (χ3n) is 12.6. The molecule has 0 amide bonds. The smallest absolute Gasteiger partial charge is 0.306 e. The predicted octanol–water partition coefficient (Wildman–Crippen LogP) is 20.3. The molecule has 410 valence electrons. The predicted molar refractivity (Wildman–Crippen MR) is 311 cm³/mol. The molecule has 0 aromatic carbocycles. The monoisotopic (exact) mass is 999 g/mol. The van der Waals surface area contributed by atoms with E-state index in [0.717, 1.165) is 116 Å². The van der Waals surface area contributed by atoms with Crippen LogP contribution in [-0.2, 0) is 28.6 Å². The summed E-state index contributed by atoms with van der Waals surface area (Å²) in [4.78, 5) is 38.3. The first-order valence-electron chi connectivity index (χ1n) is 29.9. The molecule has 0 aliphatic heterocycles. The van der Waals surface area contributed by atoms with Crippen molar-refractivity contribution in [1.82, 2.24) is 0 Å². The van der Waals surface area contributed by atoms with Crippen LogP contribution in [-0.4, -0.2) is 37.2 Å². The van der Waals surface area contributed by atoms with E-state index >= 15 is 0 Å². The molecule has 6 heteroatoms. The summed E-state index contributed by atoms with van der Waals surface area (Å²) in [7, 11) is 0. The fraction of sp³-hybridized carbons (Fsp3) is 0.682. The number of esters is 3. The van der Waals surface area contributed by atoms with Gasteiger partial charge in [0.1, 0.15) is 13.2 Å². The molecular formula is C66H110O6. The minimum Gasteiger partial charge on any atom is -0.462 e. The second kappa shape index (κ2) is 59.6. The van der Waals surface area contributed by atoms with E-state index in [0.29, 0.717) is 19.3 Å². The number of rotatable bonds is 53. The summed E-state index contributed by atoms with van der Waals surface area (Å²) >= 11 is 0. The largest absolute Gasteiger partial charge is 0.462 e. The third kappa shape index (κ3) is 57.0. The van der Waals surface area contributed by atoms with Gasteiger partial charge in [-0.2, -0.15) is 0 Å². The van der Waals surface area contributed by atoms with E-state index in [1.165, 1.54) is 116 Å². The van der Waals surface area contributed by atoms with Gasteiger partial charge < -0.3 is 14.2 Å². The second-order valence-electron chi connectivity index (χ2n) is 19.6. The highest BCUT2D eigenvalue weighted by Gasteiger charge is 2.19. The van der Waals surface area contributed by atoms with Crippen molar-refractivity contribution >= 4 is 17.9 Å². The van der Waals surface area contributed by atoms with Gasteiger partial charge in [0, 0.05) is 19.3 Å². The van der Waals surface area contributed by atoms with Crippen molar-refractivity contribution in [3.8, 4) is 0 Å². The molecule has 0 N–H and O–H groups in total. The Morgan fingerprint density at radius 1 is 0.306 bits per heavy atom. The van der Waals surface area contributed by atoms with E-state index in [1.807, 2.05) is 0 Å². The maximum Gasteiger partial charge on any atom is 0.306 e. The highest BCUT2D eigenvalue weighted by molar-refractivity contribution is 5.71.